The molecule has 0 saturated carbocycles. The highest BCUT2D eigenvalue weighted by Crippen LogP contribution is 2.35. The Balaban J connectivity index is 2.61. The van der Waals surface area contributed by atoms with Crippen molar-refractivity contribution in [2.45, 2.75) is 0 Å². The summed E-state index contributed by atoms with van der Waals surface area (Å²) in [4.78, 5) is 13.5. The first-order valence-corrected chi connectivity index (χ1v) is 6.59. The van der Waals surface area contributed by atoms with E-state index in [1.165, 1.54) is 4.90 Å². The molecule has 3 nitrogen and oxygen atoms in total. The largest absolute Gasteiger partial charge is 0.506 e. The fraction of sp³-hybridized carbons (Fsp3) is 0.133. The van der Waals surface area contributed by atoms with Crippen molar-refractivity contribution in [2.75, 3.05) is 14.1 Å². The molecule has 2 aromatic carbocycles. The molecule has 0 spiro atoms. The van der Waals surface area contributed by atoms with Gasteiger partial charge in [0.15, 0.2) is 0 Å². The molecule has 0 radical (unpaired) electrons. The number of halogens is 1. The van der Waals surface area contributed by atoms with E-state index in [9.17, 15) is 9.90 Å². The lowest BCUT2D eigenvalue weighted by Crippen LogP contribution is -2.21. The van der Waals surface area contributed by atoms with Gasteiger partial charge >= 0.3 is 0 Å². The maximum atomic E-state index is 12.0. The van der Waals surface area contributed by atoms with E-state index in [1.54, 1.807) is 26.2 Å². The fourth-order valence-corrected chi connectivity index (χ4v) is 2.30. The Kier molecular flexibility index (Phi) is 3.90. The minimum atomic E-state index is -0.226. The van der Waals surface area contributed by atoms with Crippen LogP contribution in [-0.4, -0.2) is 30.0 Å². The zero-order chi connectivity index (χ0) is 14.0. The van der Waals surface area contributed by atoms with Crippen LogP contribution in [0.1, 0.15) is 10.4 Å². The van der Waals surface area contributed by atoms with Crippen LogP contribution < -0.4 is 0 Å². The minimum Gasteiger partial charge on any atom is -0.506 e. The minimum absolute atomic E-state index is 0.00750. The quantitative estimate of drug-likeness (QED) is 0.920. The summed E-state index contributed by atoms with van der Waals surface area (Å²) in [5.41, 5.74) is 1.80. The lowest BCUT2D eigenvalue weighted by Gasteiger charge is -2.14. The first kappa shape index (κ1) is 13.6. The van der Waals surface area contributed by atoms with Crippen LogP contribution in [0.15, 0.2) is 46.9 Å². The monoisotopic (exact) mass is 319 g/mol. The van der Waals surface area contributed by atoms with E-state index in [4.69, 9.17) is 0 Å². The SMILES string of the molecule is CN(C)C(=O)c1cc(Br)cc(-c2ccccc2)c1O. The summed E-state index contributed by atoms with van der Waals surface area (Å²) in [6.07, 6.45) is 0. The summed E-state index contributed by atoms with van der Waals surface area (Å²) in [7, 11) is 3.32. The molecule has 1 N–H and O–H groups in total. The van der Waals surface area contributed by atoms with E-state index in [1.807, 2.05) is 30.3 Å². The average molecular weight is 320 g/mol. The Morgan fingerprint density at radius 2 is 1.79 bits per heavy atom. The molecule has 98 valence electrons. The summed E-state index contributed by atoms with van der Waals surface area (Å²) < 4.78 is 0.759. The van der Waals surface area contributed by atoms with Gasteiger partial charge in [-0.1, -0.05) is 46.3 Å². The van der Waals surface area contributed by atoms with Crippen molar-refractivity contribution in [3.63, 3.8) is 0 Å². The Labute approximate surface area is 120 Å². The van der Waals surface area contributed by atoms with Gasteiger partial charge in [-0.15, -0.1) is 0 Å². The van der Waals surface area contributed by atoms with E-state index < -0.39 is 0 Å². The van der Waals surface area contributed by atoms with Crippen LogP contribution in [0.3, 0.4) is 0 Å². The zero-order valence-electron chi connectivity index (χ0n) is 10.7. The van der Waals surface area contributed by atoms with Gasteiger partial charge in [0.05, 0.1) is 5.56 Å². The second-order valence-electron chi connectivity index (χ2n) is 4.42. The Morgan fingerprint density at radius 1 is 1.16 bits per heavy atom. The molecule has 0 aliphatic heterocycles. The second-order valence-corrected chi connectivity index (χ2v) is 5.33. The molecule has 0 aliphatic rings. The van der Waals surface area contributed by atoms with Gasteiger partial charge in [-0.25, -0.2) is 0 Å². The number of carbonyl (C=O) groups excluding carboxylic acids is 1. The lowest BCUT2D eigenvalue weighted by molar-refractivity contribution is 0.0824. The molecule has 2 rings (SSSR count). The average Bonchev–Trinajstić information content (AvgIpc) is 2.41. The van der Waals surface area contributed by atoms with E-state index in [0.717, 1.165) is 10.0 Å². The third-order valence-corrected chi connectivity index (χ3v) is 3.25. The topological polar surface area (TPSA) is 40.5 Å². The number of amides is 1. The number of nitrogens with zero attached hydrogens (tertiary/aromatic N) is 1. The highest BCUT2D eigenvalue weighted by atomic mass is 79.9. The van der Waals surface area contributed by atoms with Crippen LogP contribution >= 0.6 is 15.9 Å². The molecule has 0 saturated heterocycles. The van der Waals surface area contributed by atoms with Gasteiger partial charge in [-0.3, -0.25) is 4.79 Å². The first-order valence-electron chi connectivity index (χ1n) is 5.80. The van der Waals surface area contributed by atoms with Crippen LogP contribution in [0, 0.1) is 0 Å². The molecule has 0 atom stereocenters. The number of aromatic hydroxyl groups is 1. The van der Waals surface area contributed by atoms with E-state index in [2.05, 4.69) is 15.9 Å². The van der Waals surface area contributed by atoms with Crippen molar-refractivity contribution in [3.05, 3.63) is 52.5 Å². The number of hydrogen-bond donors (Lipinski definition) is 1. The molecule has 4 heteroatoms. The van der Waals surface area contributed by atoms with Gasteiger partial charge in [-0.05, 0) is 17.7 Å². The van der Waals surface area contributed by atoms with Crippen molar-refractivity contribution in [3.8, 4) is 16.9 Å². The first-order chi connectivity index (χ1) is 9.00. The molecule has 0 heterocycles. The summed E-state index contributed by atoms with van der Waals surface area (Å²) >= 11 is 3.38. The van der Waals surface area contributed by atoms with Gasteiger partial charge in [-0.2, -0.15) is 0 Å². The molecule has 0 unspecified atom stereocenters. The number of hydrogen-bond acceptors (Lipinski definition) is 2. The summed E-state index contributed by atoms with van der Waals surface area (Å²) in [6, 6.07) is 12.9. The van der Waals surface area contributed by atoms with Crippen molar-refractivity contribution < 1.29 is 9.90 Å². The van der Waals surface area contributed by atoms with Gasteiger partial charge in [0.1, 0.15) is 5.75 Å². The normalized spacial score (nSPS) is 10.3. The van der Waals surface area contributed by atoms with Crippen LogP contribution in [0.2, 0.25) is 0 Å². The number of rotatable bonds is 2. The van der Waals surface area contributed by atoms with Gasteiger partial charge < -0.3 is 10.0 Å². The predicted molar refractivity (Wildman–Crippen MR) is 79.3 cm³/mol. The predicted octanol–water partition coefficient (Wildman–Crippen LogP) is 3.52. The smallest absolute Gasteiger partial charge is 0.257 e. The van der Waals surface area contributed by atoms with Gasteiger partial charge in [0.25, 0.3) is 5.91 Å². The van der Waals surface area contributed by atoms with Crippen molar-refractivity contribution >= 4 is 21.8 Å². The lowest BCUT2D eigenvalue weighted by atomic mass is 10.0. The second kappa shape index (κ2) is 5.45. The Morgan fingerprint density at radius 3 is 2.37 bits per heavy atom. The maximum Gasteiger partial charge on any atom is 0.257 e. The van der Waals surface area contributed by atoms with Crippen LogP contribution in [0.25, 0.3) is 11.1 Å². The highest BCUT2D eigenvalue weighted by Gasteiger charge is 2.18. The molecule has 0 aliphatic carbocycles. The molecule has 0 aromatic heterocycles. The Bertz CT molecular complexity index is 609. The van der Waals surface area contributed by atoms with Crippen molar-refractivity contribution in [1.82, 2.24) is 4.90 Å². The van der Waals surface area contributed by atoms with E-state index in [-0.39, 0.29) is 11.7 Å². The maximum absolute atomic E-state index is 12.0. The van der Waals surface area contributed by atoms with Crippen molar-refractivity contribution in [1.29, 1.82) is 0 Å². The number of phenolic OH excluding ortho intramolecular Hbond substituents is 1. The van der Waals surface area contributed by atoms with Crippen LogP contribution in [0.4, 0.5) is 0 Å². The molecular weight excluding hydrogens is 306 g/mol. The third kappa shape index (κ3) is 2.79. The standard InChI is InChI=1S/C15H14BrNO2/c1-17(2)15(19)13-9-11(16)8-12(14(13)18)10-6-4-3-5-7-10/h3-9,18H,1-2H3. The highest BCUT2D eigenvalue weighted by molar-refractivity contribution is 9.10. The molecule has 0 bridgehead atoms. The molecule has 19 heavy (non-hydrogen) atoms. The number of phenols is 1. The summed E-state index contributed by atoms with van der Waals surface area (Å²) in [5.74, 6) is -0.218. The molecular formula is C15H14BrNO2. The zero-order valence-corrected chi connectivity index (χ0v) is 12.3. The third-order valence-electron chi connectivity index (χ3n) is 2.80. The van der Waals surface area contributed by atoms with Gasteiger partial charge in [0, 0.05) is 24.1 Å². The van der Waals surface area contributed by atoms with Crippen molar-refractivity contribution in [2.24, 2.45) is 0 Å². The van der Waals surface area contributed by atoms with Crippen LogP contribution in [0.5, 0.6) is 5.75 Å². The summed E-state index contributed by atoms with van der Waals surface area (Å²) in [5, 5.41) is 10.3. The molecule has 0 fully saturated rings. The van der Waals surface area contributed by atoms with Crippen LogP contribution in [-0.2, 0) is 0 Å². The number of carbonyl (C=O) groups is 1. The molecule has 2 aromatic rings. The number of benzene rings is 2. The summed E-state index contributed by atoms with van der Waals surface area (Å²) in [6.45, 7) is 0. The fourth-order valence-electron chi connectivity index (χ4n) is 1.84. The Hall–Kier alpha value is -1.81. The molecule has 1 amide bonds. The van der Waals surface area contributed by atoms with E-state index >= 15 is 0 Å². The van der Waals surface area contributed by atoms with E-state index in [0.29, 0.717) is 11.1 Å². The van der Waals surface area contributed by atoms with Gasteiger partial charge in [0.2, 0.25) is 0 Å².